The summed E-state index contributed by atoms with van der Waals surface area (Å²) in [4.78, 5) is 18.4. The molecule has 0 unspecified atom stereocenters. The van der Waals surface area contributed by atoms with E-state index in [0.717, 1.165) is 43.2 Å². The van der Waals surface area contributed by atoms with Crippen molar-refractivity contribution >= 4 is 17.2 Å². The summed E-state index contributed by atoms with van der Waals surface area (Å²) in [7, 11) is 1.69. The summed E-state index contributed by atoms with van der Waals surface area (Å²) < 4.78 is 0. The van der Waals surface area contributed by atoms with Crippen molar-refractivity contribution in [1.29, 1.82) is 0 Å². The third-order valence-electron chi connectivity index (χ3n) is 4.40. The SMILES string of the molecule is CNC(=O)CN1CCC(NCc2nc(-c3ccccc3)cs2)CC1. The number of aromatic nitrogens is 1. The number of nitrogens with zero attached hydrogens (tertiary/aromatic N) is 2. The van der Waals surface area contributed by atoms with Crippen molar-refractivity contribution in [2.45, 2.75) is 25.4 Å². The molecule has 1 amide bonds. The molecule has 1 aliphatic rings. The summed E-state index contributed by atoms with van der Waals surface area (Å²) in [6, 6.07) is 10.8. The van der Waals surface area contributed by atoms with Gasteiger partial charge >= 0.3 is 0 Å². The third kappa shape index (κ3) is 4.63. The summed E-state index contributed by atoms with van der Waals surface area (Å²) in [5.41, 5.74) is 2.22. The molecule has 2 N–H and O–H groups in total. The number of likely N-dealkylation sites (tertiary alicyclic amines) is 1. The monoisotopic (exact) mass is 344 g/mol. The van der Waals surface area contributed by atoms with Crippen LogP contribution < -0.4 is 10.6 Å². The minimum atomic E-state index is 0.0950. The Bertz CT molecular complexity index is 650. The fourth-order valence-corrected chi connectivity index (χ4v) is 3.70. The molecule has 0 aliphatic carbocycles. The predicted molar refractivity (Wildman–Crippen MR) is 97.9 cm³/mol. The standard InChI is InChI=1S/C18H24N4OS/c1-19-17(23)12-22-9-7-15(8-10-22)20-11-18-21-16(13-24-18)14-5-3-2-4-6-14/h2-6,13,15,20H,7-12H2,1H3,(H,19,23). The Morgan fingerprint density at radius 3 is 2.75 bits per heavy atom. The van der Waals surface area contributed by atoms with Crippen LogP contribution in [-0.2, 0) is 11.3 Å². The van der Waals surface area contributed by atoms with Gasteiger partial charge in [-0.05, 0) is 12.8 Å². The minimum Gasteiger partial charge on any atom is -0.358 e. The molecule has 6 heteroatoms. The Balaban J connectivity index is 1.44. The van der Waals surface area contributed by atoms with Crippen LogP contribution in [0, 0.1) is 0 Å². The molecule has 1 aromatic carbocycles. The lowest BCUT2D eigenvalue weighted by molar-refractivity contribution is -0.122. The highest BCUT2D eigenvalue weighted by Crippen LogP contribution is 2.21. The van der Waals surface area contributed by atoms with E-state index in [-0.39, 0.29) is 5.91 Å². The molecule has 1 fully saturated rings. The number of carbonyl (C=O) groups excluding carboxylic acids is 1. The maximum Gasteiger partial charge on any atom is 0.233 e. The number of benzene rings is 1. The molecule has 0 radical (unpaired) electrons. The molecule has 0 atom stereocenters. The quantitative estimate of drug-likeness (QED) is 0.843. The van der Waals surface area contributed by atoms with Crippen molar-refractivity contribution in [3.63, 3.8) is 0 Å². The van der Waals surface area contributed by atoms with E-state index >= 15 is 0 Å². The van der Waals surface area contributed by atoms with Gasteiger partial charge in [-0.1, -0.05) is 30.3 Å². The van der Waals surface area contributed by atoms with Crippen LogP contribution in [0.1, 0.15) is 17.8 Å². The van der Waals surface area contributed by atoms with Crippen LogP contribution in [0.5, 0.6) is 0 Å². The maximum absolute atomic E-state index is 11.4. The zero-order valence-electron chi connectivity index (χ0n) is 14.0. The molecule has 0 spiro atoms. The molecule has 0 bridgehead atoms. The Hall–Kier alpha value is -1.76. The number of likely N-dealkylation sites (N-methyl/N-ethyl adjacent to an activating group) is 1. The van der Waals surface area contributed by atoms with Crippen LogP contribution in [0.2, 0.25) is 0 Å². The molecule has 128 valence electrons. The first-order valence-electron chi connectivity index (χ1n) is 8.41. The number of hydrogen-bond donors (Lipinski definition) is 2. The van der Waals surface area contributed by atoms with E-state index < -0.39 is 0 Å². The summed E-state index contributed by atoms with van der Waals surface area (Å²) in [6.07, 6.45) is 2.15. The van der Waals surface area contributed by atoms with Crippen molar-refractivity contribution < 1.29 is 4.79 Å². The van der Waals surface area contributed by atoms with Crippen LogP contribution in [0.3, 0.4) is 0 Å². The van der Waals surface area contributed by atoms with Crippen LogP contribution in [-0.4, -0.2) is 48.5 Å². The largest absolute Gasteiger partial charge is 0.358 e. The smallest absolute Gasteiger partial charge is 0.233 e. The number of amides is 1. The first-order chi connectivity index (χ1) is 11.7. The van der Waals surface area contributed by atoms with Gasteiger partial charge in [0.15, 0.2) is 0 Å². The zero-order valence-corrected chi connectivity index (χ0v) is 14.8. The average Bonchev–Trinajstić information content (AvgIpc) is 3.11. The Kier molecular flexibility index (Phi) is 5.96. The number of piperidine rings is 1. The second-order valence-corrected chi connectivity index (χ2v) is 7.04. The molecule has 1 aliphatic heterocycles. The summed E-state index contributed by atoms with van der Waals surface area (Å²) >= 11 is 1.71. The van der Waals surface area contributed by atoms with Gasteiger partial charge in [-0.15, -0.1) is 11.3 Å². The number of thiazole rings is 1. The van der Waals surface area contributed by atoms with Gasteiger partial charge in [-0.2, -0.15) is 0 Å². The molecule has 5 nitrogen and oxygen atoms in total. The van der Waals surface area contributed by atoms with Crippen molar-refractivity contribution in [1.82, 2.24) is 20.5 Å². The molecular weight excluding hydrogens is 320 g/mol. The van der Waals surface area contributed by atoms with E-state index in [1.165, 1.54) is 5.56 Å². The maximum atomic E-state index is 11.4. The van der Waals surface area contributed by atoms with E-state index in [9.17, 15) is 4.79 Å². The highest BCUT2D eigenvalue weighted by molar-refractivity contribution is 7.09. The fourth-order valence-electron chi connectivity index (χ4n) is 2.94. The van der Waals surface area contributed by atoms with Crippen LogP contribution in [0.15, 0.2) is 35.7 Å². The molecule has 1 saturated heterocycles. The molecule has 1 aromatic heterocycles. The van der Waals surface area contributed by atoms with Crippen LogP contribution >= 0.6 is 11.3 Å². The van der Waals surface area contributed by atoms with Gasteiger partial charge in [0.25, 0.3) is 0 Å². The number of rotatable bonds is 6. The van der Waals surface area contributed by atoms with Crippen molar-refractivity contribution in [3.8, 4) is 11.3 Å². The van der Waals surface area contributed by atoms with Gasteiger partial charge in [0.2, 0.25) is 5.91 Å². The molecule has 24 heavy (non-hydrogen) atoms. The van der Waals surface area contributed by atoms with Gasteiger partial charge in [-0.25, -0.2) is 4.98 Å². The van der Waals surface area contributed by atoms with Gasteiger partial charge in [-0.3, -0.25) is 9.69 Å². The highest BCUT2D eigenvalue weighted by Gasteiger charge is 2.20. The molecule has 3 rings (SSSR count). The van der Waals surface area contributed by atoms with Crippen LogP contribution in [0.4, 0.5) is 0 Å². The lowest BCUT2D eigenvalue weighted by atomic mass is 10.1. The average molecular weight is 344 g/mol. The molecular formula is C18H24N4OS. The third-order valence-corrected chi connectivity index (χ3v) is 5.25. The second kappa shape index (κ2) is 8.37. The lowest BCUT2D eigenvalue weighted by Gasteiger charge is -2.31. The summed E-state index contributed by atoms with van der Waals surface area (Å²) in [5, 5.41) is 9.54. The van der Waals surface area contributed by atoms with Gasteiger partial charge < -0.3 is 10.6 Å². The molecule has 2 aromatic rings. The van der Waals surface area contributed by atoms with E-state index in [4.69, 9.17) is 4.98 Å². The first-order valence-corrected chi connectivity index (χ1v) is 9.28. The normalized spacial score (nSPS) is 16.2. The zero-order chi connectivity index (χ0) is 16.8. The second-order valence-electron chi connectivity index (χ2n) is 6.10. The fraction of sp³-hybridized carbons (Fsp3) is 0.444. The summed E-state index contributed by atoms with van der Waals surface area (Å²) in [6.45, 7) is 3.27. The number of hydrogen-bond acceptors (Lipinski definition) is 5. The molecule has 0 saturated carbocycles. The number of nitrogens with one attached hydrogen (secondary N) is 2. The number of carbonyl (C=O) groups is 1. The highest BCUT2D eigenvalue weighted by atomic mass is 32.1. The van der Waals surface area contributed by atoms with Gasteiger partial charge in [0.1, 0.15) is 5.01 Å². The first kappa shape index (κ1) is 17.1. The molecule has 2 heterocycles. The topological polar surface area (TPSA) is 57.3 Å². The van der Waals surface area contributed by atoms with E-state index in [0.29, 0.717) is 12.6 Å². The van der Waals surface area contributed by atoms with Gasteiger partial charge in [0.05, 0.1) is 12.2 Å². The predicted octanol–water partition coefficient (Wildman–Crippen LogP) is 2.11. The minimum absolute atomic E-state index is 0.0950. The van der Waals surface area contributed by atoms with E-state index in [1.807, 2.05) is 18.2 Å². The van der Waals surface area contributed by atoms with Gasteiger partial charge in [0, 0.05) is 43.7 Å². The Labute approximate surface area is 147 Å². The lowest BCUT2D eigenvalue weighted by Crippen LogP contribution is -2.45. The van der Waals surface area contributed by atoms with Crippen LogP contribution in [0.25, 0.3) is 11.3 Å². The van der Waals surface area contributed by atoms with E-state index in [2.05, 4.69) is 33.0 Å². The van der Waals surface area contributed by atoms with Crippen molar-refractivity contribution in [2.75, 3.05) is 26.7 Å². The Morgan fingerprint density at radius 2 is 2.04 bits per heavy atom. The van der Waals surface area contributed by atoms with Crippen molar-refractivity contribution in [2.24, 2.45) is 0 Å². The summed E-state index contributed by atoms with van der Waals surface area (Å²) in [5.74, 6) is 0.0950. The van der Waals surface area contributed by atoms with E-state index in [1.54, 1.807) is 18.4 Å². The van der Waals surface area contributed by atoms with Crippen molar-refractivity contribution in [3.05, 3.63) is 40.7 Å². The Morgan fingerprint density at radius 1 is 1.29 bits per heavy atom.